The number of rotatable bonds is 3. The molecule has 1 unspecified atom stereocenters. The predicted octanol–water partition coefficient (Wildman–Crippen LogP) is 3.01. The Morgan fingerprint density at radius 2 is 2.25 bits per heavy atom. The van der Waals surface area contributed by atoms with Crippen molar-refractivity contribution in [1.82, 2.24) is 0 Å². The summed E-state index contributed by atoms with van der Waals surface area (Å²) in [6.07, 6.45) is 1.12. The first-order valence-electron chi connectivity index (χ1n) is 4.16. The highest BCUT2D eigenvalue weighted by Gasteiger charge is 2.01. The molecule has 65 valence electrons. The molecule has 0 fully saturated rings. The SMILES string of the molecule is CCC(C)Oc1cccc([O])c1. The average Bonchev–Trinajstić information content (AvgIpc) is 2.04. The molecule has 0 amide bonds. The lowest BCUT2D eigenvalue weighted by molar-refractivity contribution is 0.216. The summed E-state index contributed by atoms with van der Waals surface area (Å²) in [5, 5.41) is 10.9. The Bertz CT molecular complexity index is 245. The van der Waals surface area contributed by atoms with E-state index in [0.29, 0.717) is 5.75 Å². The Morgan fingerprint density at radius 3 is 2.83 bits per heavy atom. The third-order valence-corrected chi connectivity index (χ3v) is 1.72. The Morgan fingerprint density at radius 1 is 1.50 bits per heavy atom. The van der Waals surface area contributed by atoms with Crippen LogP contribution >= 0.6 is 0 Å². The van der Waals surface area contributed by atoms with E-state index in [4.69, 9.17) is 4.74 Å². The lowest BCUT2D eigenvalue weighted by atomic mass is 10.3. The molecule has 0 spiro atoms. The van der Waals surface area contributed by atoms with E-state index in [1.807, 2.05) is 13.8 Å². The third-order valence-electron chi connectivity index (χ3n) is 1.72. The minimum atomic E-state index is -0.00389. The normalized spacial score (nSPS) is 12.5. The van der Waals surface area contributed by atoms with Crippen LogP contribution in [-0.2, 0) is 5.11 Å². The highest BCUT2D eigenvalue weighted by molar-refractivity contribution is 5.31. The van der Waals surface area contributed by atoms with Crippen molar-refractivity contribution in [2.75, 3.05) is 0 Å². The molecule has 0 aromatic heterocycles. The number of hydrogen-bond donors (Lipinski definition) is 0. The molecule has 1 radical (unpaired) electrons. The van der Waals surface area contributed by atoms with Gasteiger partial charge in [-0.15, -0.1) is 0 Å². The highest BCUT2D eigenvalue weighted by Crippen LogP contribution is 2.19. The second-order valence-corrected chi connectivity index (χ2v) is 2.81. The van der Waals surface area contributed by atoms with Crippen LogP contribution in [0.4, 0.5) is 0 Å². The number of ether oxygens (including phenoxy) is 1. The highest BCUT2D eigenvalue weighted by atomic mass is 16.5. The van der Waals surface area contributed by atoms with Crippen LogP contribution < -0.4 is 4.74 Å². The van der Waals surface area contributed by atoms with E-state index < -0.39 is 0 Å². The monoisotopic (exact) mass is 165 g/mol. The van der Waals surface area contributed by atoms with Crippen LogP contribution in [0.15, 0.2) is 24.3 Å². The minimum Gasteiger partial charge on any atom is -0.491 e. The molecule has 1 rings (SSSR count). The van der Waals surface area contributed by atoms with Gasteiger partial charge in [-0.3, -0.25) is 5.11 Å². The zero-order valence-corrected chi connectivity index (χ0v) is 7.41. The summed E-state index contributed by atoms with van der Waals surface area (Å²) in [6.45, 7) is 4.03. The molecule has 0 aliphatic carbocycles. The van der Waals surface area contributed by atoms with E-state index in [2.05, 4.69) is 0 Å². The molecule has 1 aromatic rings. The Kier molecular flexibility index (Phi) is 2.97. The predicted molar refractivity (Wildman–Crippen MR) is 47.0 cm³/mol. The summed E-state index contributed by atoms with van der Waals surface area (Å²) < 4.78 is 5.44. The fraction of sp³-hybridized carbons (Fsp3) is 0.400. The van der Waals surface area contributed by atoms with Gasteiger partial charge in [0.15, 0.2) is 5.75 Å². The molecule has 2 heteroatoms. The molecule has 1 aromatic carbocycles. The smallest absolute Gasteiger partial charge is 0.182 e. The summed E-state index contributed by atoms with van der Waals surface area (Å²) in [4.78, 5) is 0. The van der Waals surface area contributed by atoms with Crippen molar-refractivity contribution >= 4 is 0 Å². The lowest BCUT2D eigenvalue weighted by Gasteiger charge is -2.11. The summed E-state index contributed by atoms with van der Waals surface area (Å²) in [5.41, 5.74) is 0. The van der Waals surface area contributed by atoms with E-state index in [9.17, 15) is 5.11 Å². The molecular formula is C10H13O2. The van der Waals surface area contributed by atoms with Crippen molar-refractivity contribution in [3.63, 3.8) is 0 Å². The van der Waals surface area contributed by atoms with Crippen molar-refractivity contribution in [1.29, 1.82) is 0 Å². The van der Waals surface area contributed by atoms with Crippen LogP contribution in [0.1, 0.15) is 20.3 Å². The summed E-state index contributed by atoms with van der Waals surface area (Å²) in [5.74, 6) is 0.660. The van der Waals surface area contributed by atoms with Gasteiger partial charge in [0.2, 0.25) is 0 Å². The molecule has 0 bridgehead atoms. The minimum absolute atomic E-state index is 0.00389. The third kappa shape index (κ3) is 2.46. The van der Waals surface area contributed by atoms with Gasteiger partial charge in [-0.1, -0.05) is 13.0 Å². The van der Waals surface area contributed by atoms with E-state index in [-0.39, 0.29) is 11.9 Å². The Labute approximate surface area is 72.8 Å². The van der Waals surface area contributed by atoms with Gasteiger partial charge in [-0.05, 0) is 25.5 Å². The largest absolute Gasteiger partial charge is 0.491 e. The van der Waals surface area contributed by atoms with Crippen LogP contribution in [0.2, 0.25) is 0 Å². The molecule has 0 aliphatic heterocycles. The molecule has 0 saturated carbocycles. The second kappa shape index (κ2) is 4.00. The molecule has 0 saturated heterocycles. The number of hydrogen-bond acceptors (Lipinski definition) is 1. The summed E-state index contributed by atoms with van der Waals surface area (Å²) >= 11 is 0. The van der Waals surface area contributed by atoms with Gasteiger partial charge in [-0.2, -0.15) is 0 Å². The second-order valence-electron chi connectivity index (χ2n) is 2.81. The zero-order valence-electron chi connectivity index (χ0n) is 7.41. The van der Waals surface area contributed by atoms with Crippen molar-refractivity contribution in [3.8, 4) is 11.5 Å². The summed E-state index contributed by atoms with van der Waals surface area (Å²) in [6, 6.07) is 6.53. The van der Waals surface area contributed by atoms with Gasteiger partial charge in [0.1, 0.15) is 5.75 Å². The molecule has 0 aliphatic rings. The lowest BCUT2D eigenvalue weighted by Crippen LogP contribution is -2.09. The first kappa shape index (κ1) is 8.91. The maximum Gasteiger partial charge on any atom is 0.182 e. The fourth-order valence-corrected chi connectivity index (χ4v) is 0.863. The Balaban J connectivity index is 2.63. The summed E-state index contributed by atoms with van der Waals surface area (Å²) in [7, 11) is 0. The average molecular weight is 165 g/mol. The van der Waals surface area contributed by atoms with Gasteiger partial charge in [0.05, 0.1) is 6.10 Å². The van der Waals surface area contributed by atoms with Crippen LogP contribution in [-0.4, -0.2) is 6.10 Å². The van der Waals surface area contributed by atoms with Crippen LogP contribution in [0, 0.1) is 0 Å². The number of benzene rings is 1. The van der Waals surface area contributed by atoms with Gasteiger partial charge in [0.25, 0.3) is 0 Å². The van der Waals surface area contributed by atoms with Gasteiger partial charge in [0, 0.05) is 6.07 Å². The van der Waals surface area contributed by atoms with Crippen molar-refractivity contribution in [2.45, 2.75) is 26.4 Å². The van der Waals surface area contributed by atoms with Crippen molar-refractivity contribution in [3.05, 3.63) is 24.3 Å². The van der Waals surface area contributed by atoms with E-state index in [0.717, 1.165) is 6.42 Å². The molecule has 0 N–H and O–H groups in total. The molecule has 2 nitrogen and oxygen atoms in total. The Hall–Kier alpha value is -1.18. The first-order valence-corrected chi connectivity index (χ1v) is 4.16. The first-order chi connectivity index (χ1) is 5.72. The maximum atomic E-state index is 10.9. The van der Waals surface area contributed by atoms with E-state index in [1.165, 1.54) is 12.1 Å². The zero-order chi connectivity index (χ0) is 8.97. The van der Waals surface area contributed by atoms with Crippen LogP contribution in [0.25, 0.3) is 0 Å². The fourth-order valence-electron chi connectivity index (χ4n) is 0.863. The topological polar surface area (TPSA) is 29.1 Å². The van der Waals surface area contributed by atoms with Crippen LogP contribution in [0.5, 0.6) is 11.5 Å². The standard InChI is InChI=1S/C10H13O2/c1-3-8(2)12-10-6-4-5-9(11)7-10/h4-8H,3H2,1-2H3. The maximum absolute atomic E-state index is 10.9. The van der Waals surface area contributed by atoms with E-state index >= 15 is 0 Å². The molecule has 1 atom stereocenters. The van der Waals surface area contributed by atoms with E-state index in [1.54, 1.807) is 12.1 Å². The van der Waals surface area contributed by atoms with Gasteiger partial charge < -0.3 is 4.74 Å². The van der Waals surface area contributed by atoms with Gasteiger partial charge in [-0.25, -0.2) is 0 Å². The molecule has 0 heterocycles. The van der Waals surface area contributed by atoms with Crippen molar-refractivity contribution in [2.24, 2.45) is 0 Å². The molecule has 12 heavy (non-hydrogen) atoms. The van der Waals surface area contributed by atoms with Gasteiger partial charge >= 0.3 is 0 Å². The quantitative estimate of drug-likeness (QED) is 0.676. The van der Waals surface area contributed by atoms with Crippen molar-refractivity contribution < 1.29 is 9.84 Å². The molecular weight excluding hydrogens is 152 g/mol. The van der Waals surface area contributed by atoms with Crippen LogP contribution in [0.3, 0.4) is 0 Å².